The second kappa shape index (κ2) is 4.99. The smallest absolute Gasteiger partial charge is 0.136 e. The zero-order valence-electron chi connectivity index (χ0n) is 8.73. The molecule has 1 aliphatic heterocycles. The van der Waals surface area contributed by atoms with Crippen molar-refractivity contribution in [1.82, 2.24) is 10.1 Å². The van der Waals surface area contributed by atoms with Crippen molar-refractivity contribution in [3.05, 3.63) is 17.5 Å². The van der Waals surface area contributed by atoms with E-state index in [2.05, 4.69) is 10.1 Å². The van der Waals surface area contributed by atoms with Crippen LogP contribution >= 0.6 is 24.0 Å². The number of likely N-dealkylation sites (tertiary alicyclic amines) is 1. The summed E-state index contributed by atoms with van der Waals surface area (Å²) < 4.78 is 6.00. The molecule has 15 heavy (non-hydrogen) atoms. The number of hydrogen-bond acceptors (Lipinski definition) is 4. The van der Waals surface area contributed by atoms with Crippen LogP contribution in [0.4, 0.5) is 0 Å². The Kier molecular flexibility index (Phi) is 3.64. The largest absolute Gasteiger partial charge is 0.361 e. The molecule has 1 aliphatic rings. The average molecular weight is 242 g/mol. The van der Waals surface area contributed by atoms with E-state index >= 15 is 0 Å². The molecule has 1 fully saturated rings. The fourth-order valence-electron chi connectivity index (χ4n) is 1.61. The number of rotatable bonds is 2. The molecule has 0 unspecified atom stereocenters. The first-order valence-corrected chi connectivity index (χ1v) is 6.49. The Labute approximate surface area is 99.2 Å². The van der Waals surface area contributed by atoms with Crippen LogP contribution in [0.2, 0.25) is 0 Å². The molecule has 0 bridgehead atoms. The molecule has 0 saturated carbocycles. The van der Waals surface area contributed by atoms with Gasteiger partial charge in [0, 0.05) is 24.9 Å². The van der Waals surface area contributed by atoms with Gasteiger partial charge in [-0.25, -0.2) is 0 Å². The highest BCUT2D eigenvalue weighted by molar-refractivity contribution is 8.22. The highest BCUT2D eigenvalue weighted by Gasteiger charge is 2.15. The van der Waals surface area contributed by atoms with E-state index < -0.39 is 0 Å². The van der Waals surface area contributed by atoms with Crippen molar-refractivity contribution in [3.8, 4) is 0 Å². The Balaban J connectivity index is 1.80. The Morgan fingerprint density at radius 2 is 2.33 bits per heavy atom. The maximum Gasteiger partial charge on any atom is 0.136 e. The summed E-state index contributed by atoms with van der Waals surface area (Å²) in [7, 11) is 0. The van der Waals surface area contributed by atoms with Gasteiger partial charge < -0.3 is 9.42 Å². The minimum absolute atomic E-state index is 0.812. The minimum Gasteiger partial charge on any atom is -0.361 e. The number of hydrogen-bond donors (Lipinski definition) is 0. The number of thioether (sulfide) groups is 1. The van der Waals surface area contributed by atoms with E-state index in [9.17, 15) is 0 Å². The van der Waals surface area contributed by atoms with Crippen LogP contribution < -0.4 is 0 Å². The van der Waals surface area contributed by atoms with Crippen LogP contribution in [0.5, 0.6) is 0 Å². The van der Waals surface area contributed by atoms with Crippen molar-refractivity contribution in [3.63, 3.8) is 0 Å². The summed E-state index contributed by atoms with van der Waals surface area (Å²) in [6.07, 6.45) is 2.54. The first-order valence-electron chi connectivity index (χ1n) is 5.09. The molecule has 0 aliphatic carbocycles. The molecule has 0 atom stereocenters. The predicted molar refractivity (Wildman–Crippen MR) is 65.9 cm³/mol. The van der Waals surface area contributed by atoms with Gasteiger partial charge in [-0.05, 0) is 19.8 Å². The fourth-order valence-corrected chi connectivity index (χ4v) is 2.74. The van der Waals surface area contributed by atoms with Crippen molar-refractivity contribution in [2.45, 2.75) is 25.5 Å². The van der Waals surface area contributed by atoms with Crippen molar-refractivity contribution in [2.75, 3.05) is 13.1 Å². The van der Waals surface area contributed by atoms with Gasteiger partial charge in [0.25, 0.3) is 0 Å². The standard InChI is InChI=1S/C10H14N2OS2/c1-8-6-9(11-13-8)7-15-10(14)12-4-2-3-5-12/h6H,2-5,7H2,1H3. The summed E-state index contributed by atoms with van der Waals surface area (Å²) in [4.78, 5) is 2.27. The summed E-state index contributed by atoms with van der Waals surface area (Å²) in [5, 5.41) is 3.94. The third kappa shape index (κ3) is 2.95. The van der Waals surface area contributed by atoms with E-state index in [0.29, 0.717) is 0 Å². The lowest BCUT2D eigenvalue weighted by Crippen LogP contribution is -2.23. The molecule has 1 aromatic heterocycles. The lowest BCUT2D eigenvalue weighted by atomic mass is 10.4. The van der Waals surface area contributed by atoms with Gasteiger partial charge in [0.15, 0.2) is 0 Å². The predicted octanol–water partition coefficient (Wildman–Crippen LogP) is 2.60. The maximum absolute atomic E-state index is 5.35. The Morgan fingerprint density at radius 3 is 2.93 bits per heavy atom. The van der Waals surface area contributed by atoms with Gasteiger partial charge in [-0.2, -0.15) is 0 Å². The molecule has 1 aromatic rings. The minimum atomic E-state index is 0.812. The third-order valence-corrected chi connectivity index (χ3v) is 3.94. The molecule has 3 nitrogen and oxygen atoms in total. The van der Waals surface area contributed by atoms with E-state index in [1.165, 1.54) is 12.8 Å². The summed E-state index contributed by atoms with van der Waals surface area (Å²) >= 11 is 7.03. The summed E-state index contributed by atoms with van der Waals surface area (Å²) in [5.74, 6) is 1.67. The molecule has 0 spiro atoms. The van der Waals surface area contributed by atoms with Crippen LogP contribution in [-0.4, -0.2) is 27.5 Å². The molecule has 0 aromatic carbocycles. The van der Waals surface area contributed by atoms with E-state index in [4.69, 9.17) is 16.7 Å². The first-order chi connectivity index (χ1) is 7.25. The lowest BCUT2D eigenvalue weighted by Gasteiger charge is -2.16. The van der Waals surface area contributed by atoms with Crippen LogP contribution in [0, 0.1) is 6.92 Å². The van der Waals surface area contributed by atoms with Crippen LogP contribution in [0.15, 0.2) is 10.6 Å². The molecule has 2 heterocycles. The molecular weight excluding hydrogens is 228 g/mol. The monoisotopic (exact) mass is 242 g/mol. The molecule has 5 heteroatoms. The van der Waals surface area contributed by atoms with Crippen molar-refractivity contribution in [1.29, 1.82) is 0 Å². The van der Waals surface area contributed by atoms with Crippen molar-refractivity contribution < 1.29 is 4.52 Å². The van der Waals surface area contributed by atoms with Gasteiger partial charge in [0.1, 0.15) is 10.1 Å². The van der Waals surface area contributed by atoms with Gasteiger partial charge >= 0.3 is 0 Å². The maximum atomic E-state index is 5.35. The van der Waals surface area contributed by atoms with E-state index in [1.54, 1.807) is 11.8 Å². The quantitative estimate of drug-likeness (QED) is 0.744. The summed E-state index contributed by atoms with van der Waals surface area (Å²) in [6.45, 7) is 4.13. The van der Waals surface area contributed by atoms with Gasteiger partial charge in [0.05, 0.1) is 5.69 Å². The average Bonchev–Trinajstić information content (AvgIpc) is 2.84. The van der Waals surface area contributed by atoms with E-state index in [0.717, 1.165) is 34.6 Å². The van der Waals surface area contributed by atoms with Gasteiger partial charge in [-0.15, -0.1) is 0 Å². The second-order valence-corrected chi connectivity index (χ2v) is 5.29. The Morgan fingerprint density at radius 1 is 1.60 bits per heavy atom. The lowest BCUT2D eigenvalue weighted by molar-refractivity contribution is 0.393. The molecular formula is C10H14N2OS2. The summed E-state index contributed by atoms with van der Waals surface area (Å²) in [6, 6.07) is 1.96. The van der Waals surface area contributed by atoms with Crippen molar-refractivity contribution in [2.24, 2.45) is 0 Å². The van der Waals surface area contributed by atoms with Crippen LogP contribution in [0.25, 0.3) is 0 Å². The normalized spacial score (nSPS) is 15.9. The Bertz CT molecular complexity index is 345. The van der Waals surface area contributed by atoms with Gasteiger partial charge in [0.2, 0.25) is 0 Å². The fraction of sp³-hybridized carbons (Fsp3) is 0.600. The zero-order valence-corrected chi connectivity index (χ0v) is 10.4. The number of nitrogens with zero attached hydrogens (tertiary/aromatic N) is 2. The number of aromatic nitrogens is 1. The first kappa shape index (κ1) is 11.0. The molecule has 0 amide bonds. The van der Waals surface area contributed by atoms with E-state index in [-0.39, 0.29) is 0 Å². The third-order valence-electron chi connectivity index (χ3n) is 2.38. The SMILES string of the molecule is Cc1cc(CSC(=S)N2CCCC2)no1. The topological polar surface area (TPSA) is 29.3 Å². The van der Waals surface area contributed by atoms with E-state index in [1.807, 2.05) is 13.0 Å². The molecule has 82 valence electrons. The number of thiocarbonyl (C=S) groups is 1. The zero-order chi connectivity index (χ0) is 10.7. The molecule has 0 radical (unpaired) electrons. The molecule has 0 N–H and O–H groups in total. The van der Waals surface area contributed by atoms with Crippen LogP contribution in [0.1, 0.15) is 24.3 Å². The summed E-state index contributed by atoms with van der Waals surface area (Å²) in [5.41, 5.74) is 0.971. The highest BCUT2D eigenvalue weighted by Crippen LogP contribution is 2.19. The van der Waals surface area contributed by atoms with Crippen LogP contribution in [0.3, 0.4) is 0 Å². The molecule has 2 rings (SSSR count). The number of aryl methyl sites for hydroxylation is 1. The van der Waals surface area contributed by atoms with Crippen molar-refractivity contribution >= 4 is 28.3 Å². The molecule has 1 saturated heterocycles. The van der Waals surface area contributed by atoms with Crippen LogP contribution in [-0.2, 0) is 5.75 Å². The van der Waals surface area contributed by atoms with Gasteiger partial charge in [-0.3, -0.25) is 0 Å². The highest BCUT2D eigenvalue weighted by atomic mass is 32.2. The second-order valence-electron chi connectivity index (χ2n) is 3.68. The van der Waals surface area contributed by atoms with Gasteiger partial charge in [-0.1, -0.05) is 29.1 Å². The Hall–Kier alpha value is -0.550.